The van der Waals surface area contributed by atoms with E-state index in [0.29, 0.717) is 5.02 Å². The molecule has 0 amide bonds. The first-order chi connectivity index (χ1) is 14.6. The second kappa shape index (κ2) is 12.0. The van der Waals surface area contributed by atoms with Crippen LogP contribution in [0, 0.1) is 0 Å². The predicted molar refractivity (Wildman–Crippen MR) is 133 cm³/mol. The van der Waals surface area contributed by atoms with E-state index in [4.69, 9.17) is 21.1 Å². The fourth-order valence-corrected chi connectivity index (χ4v) is 4.02. The zero-order chi connectivity index (χ0) is 21.5. The van der Waals surface area contributed by atoms with Gasteiger partial charge >= 0.3 is 0 Å². The number of fused-ring (bicyclic) bond motifs is 1. The Morgan fingerprint density at radius 1 is 1.00 bits per heavy atom. The van der Waals surface area contributed by atoms with Gasteiger partial charge in [-0.3, -0.25) is 4.98 Å². The molecule has 0 saturated carbocycles. The maximum atomic E-state index is 6.14. The number of hydrogen-bond donors (Lipinski definition) is 1. The van der Waals surface area contributed by atoms with Crippen molar-refractivity contribution in [2.45, 2.75) is 52.0 Å². The number of aryl methyl sites for hydroxylation is 1. The van der Waals surface area contributed by atoms with Gasteiger partial charge in [-0.1, -0.05) is 37.8 Å². The van der Waals surface area contributed by atoms with E-state index in [-0.39, 0.29) is 18.4 Å². The summed E-state index contributed by atoms with van der Waals surface area (Å²) in [6.07, 6.45) is 7.74. The summed E-state index contributed by atoms with van der Waals surface area (Å²) in [5.74, 6) is 1.53. The van der Waals surface area contributed by atoms with Gasteiger partial charge in [0.05, 0.1) is 19.7 Å². The normalized spacial score (nSPS) is 11.6. The highest BCUT2D eigenvalue weighted by atomic mass is 35.5. The summed E-state index contributed by atoms with van der Waals surface area (Å²) in [6.45, 7) is 4.42. The lowest BCUT2D eigenvalue weighted by atomic mass is 9.95. The second-order valence-corrected chi connectivity index (χ2v) is 8.04. The summed E-state index contributed by atoms with van der Waals surface area (Å²) in [5, 5.41) is 5.42. The van der Waals surface area contributed by atoms with Crippen LogP contribution in [0.2, 0.25) is 5.02 Å². The van der Waals surface area contributed by atoms with Crippen LogP contribution in [0.1, 0.15) is 56.7 Å². The van der Waals surface area contributed by atoms with E-state index < -0.39 is 0 Å². The lowest BCUT2D eigenvalue weighted by Crippen LogP contribution is -2.11. The van der Waals surface area contributed by atoms with Crippen molar-refractivity contribution in [3.8, 4) is 11.5 Å². The number of halogens is 2. The molecule has 0 aliphatic carbocycles. The van der Waals surface area contributed by atoms with Gasteiger partial charge < -0.3 is 14.8 Å². The molecule has 1 heterocycles. The third-order valence-corrected chi connectivity index (χ3v) is 5.72. The molecule has 0 spiro atoms. The fraction of sp³-hybridized carbons (Fsp3) is 0.400. The zero-order valence-corrected chi connectivity index (χ0v) is 20.3. The molecule has 3 aromatic rings. The Kier molecular flexibility index (Phi) is 9.73. The maximum absolute atomic E-state index is 6.14. The second-order valence-electron chi connectivity index (χ2n) is 7.60. The molecule has 1 atom stereocenters. The van der Waals surface area contributed by atoms with Gasteiger partial charge in [-0.15, -0.1) is 12.4 Å². The van der Waals surface area contributed by atoms with Crippen molar-refractivity contribution in [2.24, 2.45) is 0 Å². The molecule has 0 aliphatic rings. The van der Waals surface area contributed by atoms with Crippen molar-refractivity contribution in [1.82, 2.24) is 4.98 Å². The summed E-state index contributed by atoms with van der Waals surface area (Å²) in [6, 6.07) is 12.1. The molecule has 3 rings (SSSR count). The third kappa shape index (κ3) is 6.18. The van der Waals surface area contributed by atoms with Crippen LogP contribution >= 0.6 is 24.0 Å². The Morgan fingerprint density at radius 2 is 1.74 bits per heavy atom. The summed E-state index contributed by atoms with van der Waals surface area (Å²) < 4.78 is 11.1. The summed E-state index contributed by atoms with van der Waals surface area (Å²) >= 11 is 6.14. The van der Waals surface area contributed by atoms with Crippen LogP contribution in [0.25, 0.3) is 10.9 Å². The van der Waals surface area contributed by atoms with Gasteiger partial charge in [0.25, 0.3) is 0 Å². The van der Waals surface area contributed by atoms with Crippen molar-refractivity contribution in [1.29, 1.82) is 0 Å². The lowest BCUT2D eigenvalue weighted by molar-refractivity contribution is 0.354. The van der Waals surface area contributed by atoms with Crippen LogP contribution in [0.4, 0.5) is 5.69 Å². The van der Waals surface area contributed by atoms with Gasteiger partial charge in [0, 0.05) is 28.3 Å². The van der Waals surface area contributed by atoms with Crippen molar-refractivity contribution < 1.29 is 9.47 Å². The van der Waals surface area contributed by atoms with E-state index in [2.05, 4.69) is 36.3 Å². The van der Waals surface area contributed by atoms with E-state index in [1.54, 1.807) is 14.2 Å². The predicted octanol–water partition coefficient (Wildman–Crippen LogP) is 7.62. The Bertz CT molecular complexity index is 995. The SMILES string of the molecule is CCCCCCc1cc(OC)c(OC)cc1C(C)Nc1ccnc2cc(Cl)ccc12.Cl. The first kappa shape index (κ1) is 25.1. The Hall–Kier alpha value is -2.17. The molecule has 0 fully saturated rings. The standard InChI is InChI=1S/C25H31ClN2O2.ClH/c1-5-6-7-8-9-18-14-24(29-3)25(30-4)16-21(18)17(2)28-22-12-13-27-23-15-19(26)10-11-20(22)23;/h10-17H,5-9H2,1-4H3,(H,27,28);1H. The van der Waals surface area contributed by atoms with E-state index in [1.807, 2.05) is 30.5 Å². The highest BCUT2D eigenvalue weighted by molar-refractivity contribution is 6.31. The number of nitrogens with zero attached hydrogens (tertiary/aromatic N) is 1. The molecular weight excluding hydrogens is 431 g/mol. The van der Waals surface area contributed by atoms with Crippen LogP contribution in [0.5, 0.6) is 11.5 Å². The highest BCUT2D eigenvalue weighted by Gasteiger charge is 2.17. The lowest BCUT2D eigenvalue weighted by Gasteiger charge is -2.22. The summed E-state index contributed by atoms with van der Waals surface area (Å²) in [5.41, 5.74) is 4.44. The highest BCUT2D eigenvalue weighted by Crippen LogP contribution is 2.36. The van der Waals surface area contributed by atoms with Gasteiger partial charge in [0.1, 0.15) is 0 Å². The van der Waals surface area contributed by atoms with E-state index in [0.717, 1.165) is 34.5 Å². The number of pyridine rings is 1. The molecule has 168 valence electrons. The fourth-order valence-electron chi connectivity index (χ4n) is 3.86. The van der Waals surface area contributed by atoms with Crippen LogP contribution in [-0.4, -0.2) is 19.2 Å². The minimum Gasteiger partial charge on any atom is -0.493 e. The van der Waals surface area contributed by atoms with Crippen LogP contribution in [0.15, 0.2) is 42.6 Å². The molecule has 1 N–H and O–H groups in total. The summed E-state index contributed by atoms with van der Waals surface area (Å²) in [4.78, 5) is 4.45. The molecule has 4 nitrogen and oxygen atoms in total. The Morgan fingerprint density at radius 3 is 2.45 bits per heavy atom. The van der Waals surface area contributed by atoms with Crippen molar-refractivity contribution in [2.75, 3.05) is 19.5 Å². The minimum atomic E-state index is 0. The van der Waals surface area contributed by atoms with Gasteiger partial charge in [0.15, 0.2) is 11.5 Å². The van der Waals surface area contributed by atoms with Crippen LogP contribution < -0.4 is 14.8 Å². The average Bonchev–Trinajstić information content (AvgIpc) is 2.76. The Balaban J connectivity index is 0.00000341. The van der Waals surface area contributed by atoms with Crippen LogP contribution in [0.3, 0.4) is 0 Å². The van der Waals surface area contributed by atoms with E-state index in [9.17, 15) is 0 Å². The van der Waals surface area contributed by atoms with Gasteiger partial charge in [-0.05, 0) is 67.3 Å². The van der Waals surface area contributed by atoms with E-state index >= 15 is 0 Å². The molecule has 1 unspecified atom stereocenters. The number of unbranched alkanes of at least 4 members (excludes halogenated alkanes) is 3. The number of ether oxygens (including phenoxy) is 2. The third-order valence-electron chi connectivity index (χ3n) is 5.49. The number of methoxy groups -OCH3 is 2. The number of nitrogens with one attached hydrogen (secondary N) is 1. The molecular formula is C25H32Cl2N2O2. The molecule has 1 aromatic heterocycles. The molecule has 2 aromatic carbocycles. The molecule has 31 heavy (non-hydrogen) atoms. The Labute approximate surface area is 196 Å². The molecule has 0 bridgehead atoms. The van der Waals surface area contributed by atoms with Crippen molar-refractivity contribution in [3.05, 3.63) is 58.7 Å². The van der Waals surface area contributed by atoms with Crippen molar-refractivity contribution in [3.63, 3.8) is 0 Å². The van der Waals surface area contributed by atoms with Gasteiger partial charge in [-0.2, -0.15) is 0 Å². The smallest absolute Gasteiger partial charge is 0.161 e. The average molecular weight is 463 g/mol. The molecule has 6 heteroatoms. The maximum Gasteiger partial charge on any atom is 0.161 e. The quantitative estimate of drug-likeness (QED) is 0.314. The van der Waals surface area contributed by atoms with Gasteiger partial charge in [0.2, 0.25) is 0 Å². The topological polar surface area (TPSA) is 43.4 Å². The van der Waals surface area contributed by atoms with Crippen LogP contribution in [-0.2, 0) is 6.42 Å². The number of hydrogen-bond acceptors (Lipinski definition) is 4. The monoisotopic (exact) mass is 462 g/mol. The molecule has 0 saturated heterocycles. The first-order valence-corrected chi connectivity index (χ1v) is 11.0. The van der Waals surface area contributed by atoms with Gasteiger partial charge in [-0.25, -0.2) is 0 Å². The molecule has 0 aliphatic heterocycles. The number of benzene rings is 2. The minimum absolute atomic E-state index is 0. The largest absolute Gasteiger partial charge is 0.493 e. The number of aromatic nitrogens is 1. The van der Waals surface area contributed by atoms with Crippen molar-refractivity contribution >= 4 is 40.6 Å². The molecule has 0 radical (unpaired) electrons. The summed E-state index contributed by atoms with van der Waals surface area (Å²) in [7, 11) is 3.37. The zero-order valence-electron chi connectivity index (χ0n) is 18.7. The first-order valence-electron chi connectivity index (χ1n) is 10.6. The van der Waals surface area contributed by atoms with E-state index in [1.165, 1.54) is 36.8 Å². The number of rotatable bonds is 10. The number of anilines is 1.